The third-order valence-electron chi connectivity index (χ3n) is 1.18. The Balaban J connectivity index is 3.12. The van der Waals surface area contributed by atoms with Gasteiger partial charge in [-0.2, -0.15) is 0 Å². The van der Waals surface area contributed by atoms with E-state index in [1.54, 1.807) is 0 Å². The lowest BCUT2D eigenvalue weighted by Crippen LogP contribution is -1.75. The minimum absolute atomic E-state index is 0.176. The number of pyridine rings is 1. The predicted molar refractivity (Wildman–Crippen MR) is 43.4 cm³/mol. The molecule has 0 spiro atoms. The molecule has 0 bridgehead atoms. The zero-order chi connectivity index (χ0) is 12.9. The average Bonchev–Trinajstić information content (AvgIpc) is 2.30. The number of fused-ring (bicyclic) bond motifs is 1. The van der Waals surface area contributed by atoms with Crippen molar-refractivity contribution in [1.29, 1.82) is 0 Å². The molecule has 0 amide bonds. The minimum atomic E-state index is -0.692. The largest absolute Gasteiger partial charge is 0.506 e. The van der Waals surface area contributed by atoms with Gasteiger partial charge >= 0.3 is 0 Å². The van der Waals surface area contributed by atoms with Crippen LogP contribution in [0.5, 0.6) is 5.75 Å². The van der Waals surface area contributed by atoms with Crippen LogP contribution in [-0.2, 0) is 0 Å². The van der Waals surface area contributed by atoms with Gasteiger partial charge in [0.25, 0.3) is 0 Å². The van der Waals surface area contributed by atoms with Crippen molar-refractivity contribution in [3.63, 3.8) is 0 Å². The maximum absolute atomic E-state index is 9.39. The maximum Gasteiger partial charge on any atom is 0.134 e. The summed E-state index contributed by atoms with van der Waals surface area (Å²) in [5, 5.41) is 9.21. The van der Waals surface area contributed by atoms with Gasteiger partial charge in [0.15, 0.2) is 0 Å². The Kier molecular flexibility index (Phi) is 0.504. The molecule has 2 aromatic rings. The number of aromatic nitrogens is 1. The summed E-state index contributed by atoms with van der Waals surface area (Å²) in [6.07, 6.45) is -0.576. The number of hydrogen-bond donors (Lipinski definition) is 1. The summed E-state index contributed by atoms with van der Waals surface area (Å²) in [7, 11) is 0. The van der Waals surface area contributed by atoms with Crippen molar-refractivity contribution in [2.24, 2.45) is 0 Å². The van der Waals surface area contributed by atoms with Gasteiger partial charge in [-0.15, -0.1) is 0 Å². The molecule has 0 saturated heterocycles. The maximum atomic E-state index is 9.39. The van der Waals surface area contributed by atoms with Gasteiger partial charge in [-0.3, -0.25) is 4.98 Å². The average molecular weight is 151 g/mol. The number of rotatable bonds is 0. The highest BCUT2D eigenvalue weighted by molar-refractivity contribution is 5.79. The fraction of sp³-hybridized carbons (Fsp3) is 0. The fourth-order valence-corrected chi connectivity index (χ4v) is 0.735. The van der Waals surface area contributed by atoms with Crippen LogP contribution in [0.3, 0.4) is 0 Å². The van der Waals surface area contributed by atoms with E-state index in [2.05, 4.69) is 4.98 Å². The Morgan fingerprint density at radius 1 is 1.36 bits per heavy atom. The van der Waals surface area contributed by atoms with E-state index >= 15 is 0 Å². The van der Waals surface area contributed by atoms with Crippen LogP contribution < -0.4 is 0 Å². The van der Waals surface area contributed by atoms with Crippen LogP contribution in [0.25, 0.3) is 10.9 Å². The van der Waals surface area contributed by atoms with Crippen molar-refractivity contribution >= 4 is 10.9 Å². The third kappa shape index (κ3) is 1.03. The summed E-state index contributed by atoms with van der Waals surface area (Å²) >= 11 is 0. The van der Waals surface area contributed by atoms with E-state index in [-0.39, 0.29) is 10.9 Å². The molecule has 0 aliphatic rings. The van der Waals surface area contributed by atoms with Crippen molar-refractivity contribution in [1.82, 2.24) is 4.98 Å². The Labute approximate surface area is 72.6 Å². The third-order valence-corrected chi connectivity index (χ3v) is 1.18. The molecule has 2 nitrogen and oxygen atoms in total. The first kappa shape index (κ1) is 2.48. The highest BCUT2D eigenvalue weighted by atomic mass is 16.3. The van der Waals surface area contributed by atoms with Crippen LogP contribution in [-0.4, -0.2) is 10.1 Å². The van der Waals surface area contributed by atoms with E-state index in [1.807, 2.05) is 0 Å². The number of benzene rings is 1. The molecule has 0 atom stereocenters. The van der Waals surface area contributed by atoms with Crippen LogP contribution in [0.4, 0.5) is 0 Å². The number of nitrogens with zero attached hydrogens (tertiary/aromatic N) is 1. The Hall–Kier alpha value is -1.57. The normalized spacial score (nSPS) is 17.8. The zero-order valence-corrected chi connectivity index (χ0v) is 5.39. The van der Waals surface area contributed by atoms with Crippen LogP contribution in [0.1, 0.15) is 8.22 Å². The van der Waals surface area contributed by atoms with Gasteiger partial charge in [-0.05, 0) is 12.1 Å². The Bertz CT molecular complexity index is 633. The first-order chi connectivity index (χ1) is 7.86. The lowest BCUT2D eigenvalue weighted by atomic mass is 10.2. The van der Waals surface area contributed by atoms with E-state index in [0.717, 1.165) is 0 Å². The SMILES string of the molecule is [2H]c1nc2c([2H])c([2H])c([2H])c([2H])c2c([2H])c1O. The molecule has 1 N–H and O–H groups in total. The first-order valence-electron chi connectivity index (χ1n) is 5.92. The molecule has 1 heterocycles. The molecule has 0 unspecified atom stereocenters. The molecule has 1 aromatic heterocycles. The standard InChI is InChI=1S/C9H7NO/c11-8-5-7-3-1-2-4-9(7)10-6-8/h1-6,11H/i1D,2D,3D,4D,5D,6D. The minimum Gasteiger partial charge on any atom is -0.506 e. The van der Waals surface area contributed by atoms with E-state index in [9.17, 15) is 5.11 Å². The van der Waals surface area contributed by atoms with Gasteiger partial charge in [0, 0.05) is 5.39 Å². The summed E-state index contributed by atoms with van der Waals surface area (Å²) in [6, 6.07) is -2.32. The quantitative estimate of drug-likeness (QED) is 0.624. The second-order valence-electron chi connectivity index (χ2n) is 1.92. The summed E-state index contributed by atoms with van der Waals surface area (Å²) in [5.41, 5.74) is -0.177. The van der Waals surface area contributed by atoms with E-state index < -0.39 is 42.1 Å². The summed E-state index contributed by atoms with van der Waals surface area (Å²) in [6.45, 7) is 0. The second kappa shape index (κ2) is 2.23. The van der Waals surface area contributed by atoms with Gasteiger partial charge in [-0.25, -0.2) is 0 Å². The van der Waals surface area contributed by atoms with Crippen LogP contribution >= 0.6 is 0 Å². The second-order valence-corrected chi connectivity index (χ2v) is 1.92. The molecule has 1 aromatic carbocycles. The van der Waals surface area contributed by atoms with Gasteiger partial charge in [0.1, 0.15) is 5.75 Å². The molecule has 0 aliphatic heterocycles. The lowest BCUT2D eigenvalue weighted by Gasteiger charge is -1.95. The molecule has 0 aliphatic carbocycles. The molecule has 0 fully saturated rings. The van der Waals surface area contributed by atoms with Crippen molar-refractivity contribution in [2.45, 2.75) is 0 Å². The summed E-state index contributed by atoms with van der Waals surface area (Å²) < 4.78 is 45.0. The molecule has 2 rings (SSSR count). The molecular formula is C9H7NO. The first-order valence-corrected chi connectivity index (χ1v) is 2.92. The molecule has 0 radical (unpaired) electrons. The van der Waals surface area contributed by atoms with Gasteiger partial charge < -0.3 is 5.11 Å². The number of hydrogen-bond acceptors (Lipinski definition) is 2. The molecule has 0 saturated carbocycles. The van der Waals surface area contributed by atoms with Gasteiger partial charge in [-0.1, -0.05) is 18.1 Å². The van der Waals surface area contributed by atoms with Crippen molar-refractivity contribution < 1.29 is 13.3 Å². The summed E-state index contributed by atoms with van der Waals surface area (Å²) in [5.74, 6) is -0.692. The highest BCUT2D eigenvalue weighted by Crippen LogP contribution is 2.15. The number of para-hydroxylation sites is 1. The smallest absolute Gasteiger partial charge is 0.134 e. The van der Waals surface area contributed by atoms with Crippen LogP contribution in [0.15, 0.2) is 36.4 Å². The molecule has 2 heteroatoms. The molecule has 54 valence electrons. The molecular weight excluding hydrogens is 138 g/mol. The highest BCUT2D eigenvalue weighted by Gasteiger charge is 1.92. The Morgan fingerprint density at radius 2 is 2.18 bits per heavy atom. The molecule has 11 heavy (non-hydrogen) atoms. The lowest BCUT2D eigenvalue weighted by molar-refractivity contribution is 0.474. The fourth-order valence-electron chi connectivity index (χ4n) is 0.735. The van der Waals surface area contributed by atoms with Gasteiger partial charge in [0.05, 0.1) is 19.9 Å². The van der Waals surface area contributed by atoms with Gasteiger partial charge in [0.2, 0.25) is 0 Å². The predicted octanol–water partition coefficient (Wildman–Crippen LogP) is 1.94. The van der Waals surface area contributed by atoms with Crippen LogP contribution in [0, 0.1) is 0 Å². The Morgan fingerprint density at radius 3 is 3.09 bits per heavy atom. The monoisotopic (exact) mass is 151 g/mol. The van der Waals surface area contributed by atoms with E-state index in [4.69, 9.17) is 8.22 Å². The van der Waals surface area contributed by atoms with Crippen molar-refractivity contribution in [3.8, 4) is 5.75 Å². The van der Waals surface area contributed by atoms with Crippen molar-refractivity contribution in [3.05, 3.63) is 36.4 Å². The van der Waals surface area contributed by atoms with Crippen LogP contribution in [0.2, 0.25) is 0 Å². The zero-order valence-electron chi connectivity index (χ0n) is 11.4. The van der Waals surface area contributed by atoms with Crippen molar-refractivity contribution in [2.75, 3.05) is 0 Å². The van der Waals surface area contributed by atoms with E-state index in [1.165, 1.54) is 0 Å². The number of aromatic hydroxyl groups is 1. The topological polar surface area (TPSA) is 33.1 Å². The summed E-state index contributed by atoms with van der Waals surface area (Å²) in [4.78, 5) is 3.58. The van der Waals surface area contributed by atoms with E-state index in [0.29, 0.717) is 0 Å².